The van der Waals surface area contributed by atoms with Crippen LogP contribution in [0.25, 0.3) is 0 Å². The maximum Gasteiger partial charge on any atom is 0.408 e. The Hall–Kier alpha value is -4.78. The number of alkyl carbamates (subject to hydrolysis) is 1. The van der Waals surface area contributed by atoms with E-state index in [1.54, 1.807) is 42.5 Å². The van der Waals surface area contributed by atoms with E-state index in [1.165, 1.54) is 18.2 Å². The monoisotopic (exact) mass is 703 g/mol. The zero-order chi connectivity index (χ0) is 35.1. The minimum Gasteiger partial charge on any atom is -0.445 e. The molecule has 4 aromatic carbocycles. The van der Waals surface area contributed by atoms with Crippen LogP contribution < -0.4 is 15.4 Å². The minimum absolute atomic E-state index is 0.0166. The van der Waals surface area contributed by atoms with E-state index in [0.29, 0.717) is 19.3 Å². The number of ether oxygens (including phenoxy) is 1. The molecule has 0 saturated heterocycles. The highest BCUT2D eigenvalue weighted by molar-refractivity contribution is 7.94. The highest BCUT2D eigenvalue weighted by atomic mass is 32.2. The average Bonchev–Trinajstić information content (AvgIpc) is 3.10. The number of carbonyl (C=O) groups excluding carboxylic acids is 2. The molecule has 2 atom stereocenters. The molecule has 0 heterocycles. The zero-order valence-corrected chi connectivity index (χ0v) is 28.8. The van der Waals surface area contributed by atoms with Crippen LogP contribution in [-0.2, 0) is 42.4 Å². The van der Waals surface area contributed by atoms with Gasteiger partial charge in [-0.25, -0.2) is 26.4 Å². The lowest BCUT2D eigenvalue weighted by Crippen LogP contribution is -2.50. The standard InChI is InChI=1S/C37H41N3O7S2/c1-29-20-22-34(23-21-29)49(45,46)38-25-12-11-17-32(24-26-48(43,44)33-18-9-4-10-19-33)39-36(41)35(27-30-13-5-2-6-14-30)40-37(42)47-28-31-15-7-3-8-16-31/h2-10,13-16,18-24,26,32,35,38H,11-12,17,25,27-28H2,1H3,(H,39,41)(H,40,42)/b26-24+/t32-,35-/m0/s1. The Balaban J connectivity index is 1.45. The Bertz CT molecular complexity index is 1890. The van der Waals surface area contributed by atoms with Crippen LogP contribution in [0.4, 0.5) is 4.79 Å². The number of aryl methyl sites for hydroxylation is 1. The molecule has 0 unspecified atom stereocenters. The van der Waals surface area contributed by atoms with Gasteiger partial charge in [-0.1, -0.05) is 103 Å². The SMILES string of the molecule is Cc1ccc(S(=O)(=O)NCCCC[C@@H](/C=C/S(=O)(=O)c2ccccc2)NC(=O)[C@H](Cc2ccccc2)NC(=O)OCc2ccccc2)cc1. The molecule has 258 valence electrons. The third-order valence-corrected chi connectivity index (χ3v) is 10.5. The molecule has 0 spiro atoms. The molecule has 0 bridgehead atoms. The molecule has 4 rings (SSSR count). The van der Waals surface area contributed by atoms with Crippen molar-refractivity contribution in [3.63, 3.8) is 0 Å². The Morgan fingerprint density at radius 1 is 0.714 bits per heavy atom. The van der Waals surface area contributed by atoms with Gasteiger partial charge in [0.05, 0.1) is 9.79 Å². The molecule has 0 saturated carbocycles. The number of unbranched alkanes of at least 4 members (excludes halogenated alkanes) is 1. The van der Waals surface area contributed by atoms with Crippen LogP contribution in [0.3, 0.4) is 0 Å². The topological polar surface area (TPSA) is 148 Å². The predicted molar refractivity (Wildman–Crippen MR) is 189 cm³/mol. The van der Waals surface area contributed by atoms with Crippen molar-refractivity contribution < 1.29 is 31.2 Å². The van der Waals surface area contributed by atoms with E-state index in [0.717, 1.165) is 22.1 Å². The molecule has 0 radical (unpaired) electrons. The van der Waals surface area contributed by atoms with Crippen LogP contribution >= 0.6 is 0 Å². The fourth-order valence-corrected chi connectivity index (χ4v) is 7.01. The Kier molecular flexibility index (Phi) is 13.7. The van der Waals surface area contributed by atoms with E-state index in [1.807, 2.05) is 67.6 Å². The van der Waals surface area contributed by atoms with Crippen molar-refractivity contribution in [1.82, 2.24) is 15.4 Å². The lowest BCUT2D eigenvalue weighted by Gasteiger charge is -2.22. The maximum absolute atomic E-state index is 13.7. The first-order valence-electron chi connectivity index (χ1n) is 15.9. The van der Waals surface area contributed by atoms with Gasteiger partial charge in [-0.15, -0.1) is 0 Å². The minimum atomic E-state index is -3.81. The number of nitrogens with one attached hydrogen (secondary N) is 3. The molecule has 0 aromatic heterocycles. The number of sulfonamides is 1. The predicted octanol–water partition coefficient (Wildman–Crippen LogP) is 5.45. The maximum atomic E-state index is 13.7. The summed E-state index contributed by atoms with van der Waals surface area (Å²) >= 11 is 0. The van der Waals surface area contributed by atoms with Gasteiger partial charge in [0.1, 0.15) is 12.6 Å². The van der Waals surface area contributed by atoms with Gasteiger partial charge in [-0.2, -0.15) is 0 Å². The number of amides is 2. The van der Waals surface area contributed by atoms with Crippen LogP contribution in [0.2, 0.25) is 0 Å². The van der Waals surface area contributed by atoms with Gasteiger partial charge < -0.3 is 15.4 Å². The summed E-state index contributed by atoms with van der Waals surface area (Å²) in [6, 6.07) is 30.9. The van der Waals surface area contributed by atoms with Gasteiger partial charge in [0.2, 0.25) is 15.9 Å². The largest absolute Gasteiger partial charge is 0.445 e. The van der Waals surface area contributed by atoms with E-state index < -0.39 is 43.9 Å². The molecule has 0 fully saturated rings. The van der Waals surface area contributed by atoms with E-state index in [9.17, 15) is 26.4 Å². The highest BCUT2D eigenvalue weighted by Gasteiger charge is 2.24. The van der Waals surface area contributed by atoms with Crippen molar-refractivity contribution in [2.75, 3.05) is 6.54 Å². The zero-order valence-electron chi connectivity index (χ0n) is 27.2. The first-order valence-corrected chi connectivity index (χ1v) is 18.9. The number of sulfone groups is 1. The lowest BCUT2D eigenvalue weighted by molar-refractivity contribution is -0.123. The molecule has 10 nitrogen and oxygen atoms in total. The first kappa shape index (κ1) is 37.0. The number of hydrogen-bond donors (Lipinski definition) is 3. The molecule has 3 N–H and O–H groups in total. The molecular weight excluding hydrogens is 663 g/mol. The van der Waals surface area contributed by atoms with Gasteiger partial charge in [0, 0.05) is 24.4 Å². The normalized spacial score (nSPS) is 13.0. The smallest absolute Gasteiger partial charge is 0.408 e. The van der Waals surface area contributed by atoms with E-state index >= 15 is 0 Å². The molecular formula is C37H41N3O7S2. The van der Waals surface area contributed by atoms with E-state index in [-0.39, 0.29) is 29.4 Å². The van der Waals surface area contributed by atoms with Gasteiger partial charge in [0.15, 0.2) is 9.84 Å². The number of hydrogen-bond acceptors (Lipinski definition) is 7. The summed E-state index contributed by atoms with van der Waals surface area (Å²) in [5, 5.41) is 6.60. The molecule has 49 heavy (non-hydrogen) atoms. The summed E-state index contributed by atoms with van der Waals surface area (Å²) in [6.45, 7) is 2.03. The third-order valence-electron chi connectivity index (χ3n) is 7.56. The number of rotatable bonds is 17. The average molecular weight is 704 g/mol. The highest BCUT2D eigenvalue weighted by Crippen LogP contribution is 2.14. The van der Waals surface area contributed by atoms with Crippen LogP contribution in [0.15, 0.2) is 137 Å². The first-order chi connectivity index (χ1) is 23.5. The van der Waals surface area contributed by atoms with Crippen LogP contribution in [0, 0.1) is 6.92 Å². The van der Waals surface area contributed by atoms with Crippen LogP contribution in [-0.4, -0.2) is 47.5 Å². The second kappa shape index (κ2) is 18.1. The van der Waals surface area contributed by atoms with Crippen molar-refractivity contribution in [3.8, 4) is 0 Å². The summed E-state index contributed by atoms with van der Waals surface area (Å²) < 4.78 is 59.4. The molecule has 12 heteroatoms. The quantitative estimate of drug-likeness (QED) is 0.124. The summed E-state index contributed by atoms with van der Waals surface area (Å²) in [6.07, 6.45) is 1.97. The van der Waals surface area contributed by atoms with Crippen molar-refractivity contribution in [3.05, 3.63) is 143 Å². The van der Waals surface area contributed by atoms with Crippen molar-refractivity contribution in [2.24, 2.45) is 0 Å². The van der Waals surface area contributed by atoms with Gasteiger partial charge in [-0.05, 0) is 61.6 Å². The van der Waals surface area contributed by atoms with Crippen molar-refractivity contribution >= 4 is 31.9 Å². The molecule has 4 aromatic rings. The summed E-state index contributed by atoms with van der Waals surface area (Å²) in [5.41, 5.74) is 2.53. The Labute approximate surface area is 288 Å². The van der Waals surface area contributed by atoms with Gasteiger partial charge >= 0.3 is 6.09 Å². The summed E-state index contributed by atoms with van der Waals surface area (Å²) in [7, 11) is -7.51. The molecule has 0 aliphatic carbocycles. The fourth-order valence-electron chi connectivity index (χ4n) is 4.85. The third kappa shape index (κ3) is 12.3. The summed E-state index contributed by atoms with van der Waals surface area (Å²) in [4.78, 5) is 26.8. The summed E-state index contributed by atoms with van der Waals surface area (Å²) in [5.74, 6) is -0.535. The van der Waals surface area contributed by atoms with Gasteiger partial charge in [0.25, 0.3) is 0 Å². The van der Waals surface area contributed by atoms with E-state index in [2.05, 4.69) is 15.4 Å². The number of carbonyl (C=O) groups is 2. The second-order valence-electron chi connectivity index (χ2n) is 11.5. The molecule has 2 amide bonds. The van der Waals surface area contributed by atoms with Crippen LogP contribution in [0.5, 0.6) is 0 Å². The van der Waals surface area contributed by atoms with Crippen molar-refractivity contribution in [2.45, 2.75) is 61.1 Å². The molecule has 0 aliphatic heterocycles. The van der Waals surface area contributed by atoms with Crippen LogP contribution in [0.1, 0.15) is 36.0 Å². The van der Waals surface area contributed by atoms with E-state index in [4.69, 9.17) is 4.74 Å². The Morgan fingerprint density at radius 3 is 1.94 bits per heavy atom. The van der Waals surface area contributed by atoms with Crippen molar-refractivity contribution in [1.29, 1.82) is 0 Å². The second-order valence-corrected chi connectivity index (χ2v) is 15.1. The fraction of sp³-hybridized carbons (Fsp3) is 0.243. The van der Waals surface area contributed by atoms with Gasteiger partial charge in [-0.3, -0.25) is 4.79 Å². The lowest BCUT2D eigenvalue weighted by atomic mass is 10.0. The molecule has 0 aliphatic rings. The Morgan fingerprint density at radius 2 is 1.31 bits per heavy atom. The number of benzene rings is 4.